The topological polar surface area (TPSA) is 60.9 Å². The van der Waals surface area contributed by atoms with Gasteiger partial charge in [0.25, 0.3) is 0 Å². The average Bonchev–Trinajstić information content (AvgIpc) is 3.03. The standard InChI is InChI=1S/C20H19ClN2O3/c21-16-5-1-2-6-17(16)23-12-14(10-19(23)25)20(26)22-9-8-15-13(11-22)4-3-7-18(15)24/h1-7,14,24H,8-12H2. The van der Waals surface area contributed by atoms with E-state index in [-0.39, 0.29) is 29.9 Å². The van der Waals surface area contributed by atoms with Gasteiger partial charge in [0.05, 0.1) is 16.6 Å². The molecule has 0 aliphatic carbocycles. The number of phenolic OH excluding ortho intramolecular Hbond substituents is 1. The van der Waals surface area contributed by atoms with Crippen LogP contribution in [0.25, 0.3) is 0 Å². The highest BCUT2D eigenvalue weighted by molar-refractivity contribution is 6.33. The normalized spacial score (nSPS) is 19.6. The van der Waals surface area contributed by atoms with Crippen molar-refractivity contribution in [2.75, 3.05) is 18.0 Å². The third-order valence-corrected chi connectivity index (χ3v) is 5.49. The maximum Gasteiger partial charge on any atom is 0.228 e. The van der Waals surface area contributed by atoms with Gasteiger partial charge in [-0.05, 0) is 30.2 Å². The van der Waals surface area contributed by atoms with E-state index in [9.17, 15) is 14.7 Å². The first-order chi connectivity index (χ1) is 12.5. The Balaban J connectivity index is 1.50. The molecule has 5 nitrogen and oxygen atoms in total. The summed E-state index contributed by atoms with van der Waals surface area (Å²) in [7, 11) is 0. The Morgan fingerprint density at radius 3 is 2.77 bits per heavy atom. The van der Waals surface area contributed by atoms with Gasteiger partial charge in [0.1, 0.15) is 5.75 Å². The molecule has 2 aliphatic rings. The molecule has 2 aromatic carbocycles. The van der Waals surface area contributed by atoms with E-state index in [0.29, 0.717) is 36.8 Å². The number of rotatable bonds is 2. The lowest BCUT2D eigenvalue weighted by atomic mass is 9.97. The number of anilines is 1. The molecule has 26 heavy (non-hydrogen) atoms. The molecule has 2 amide bonds. The monoisotopic (exact) mass is 370 g/mol. The Bertz CT molecular complexity index is 883. The van der Waals surface area contributed by atoms with Gasteiger partial charge in [-0.1, -0.05) is 35.9 Å². The van der Waals surface area contributed by atoms with E-state index in [2.05, 4.69) is 0 Å². The number of hydrogen-bond acceptors (Lipinski definition) is 3. The molecule has 4 rings (SSSR count). The summed E-state index contributed by atoms with van der Waals surface area (Å²) in [6.07, 6.45) is 0.829. The van der Waals surface area contributed by atoms with Crippen LogP contribution in [0.1, 0.15) is 17.5 Å². The minimum atomic E-state index is -0.363. The molecule has 0 aromatic heterocycles. The van der Waals surface area contributed by atoms with E-state index in [1.54, 1.807) is 34.1 Å². The molecule has 134 valence electrons. The second-order valence-corrected chi connectivity index (χ2v) is 7.19. The molecule has 1 atom stereocenters. The third-order valence-electron chi connectivity index (χ3n) is 5.17. The minimum absolute atomic E-state index is 0.0121. The van der Waals surface area contributed by atoms with Crippen LogP contribution in [0.5, 0.6) is 5.75 Å². The highest BCUT2D eigenvalue weighted by Gasteiger charge is 2.38. The summed E-state index contributed by atoms with van der Waals surface area (Å²) in [5.74, 6) is -0.165. The summed E-state index contributed by atoms with van der Waals surface area (Å²) in [5, 5.41) is 10.5. The second kappa shape index (κ2) is 6.65. The molecule has 0 spiro atoms. The van der Waals surface area contributed by atoms with Crippen LogP contribution < -0.4 is 4.90 Å². The van der Waals surface area contributed by atoms with E-state index in [4.69, 9.17) is 11.6 Å². The summed E-state index contributed by atoms with van der Waals surface area (Å²) in [6, 6.07) is 12.6. The van der Waals surface area contributed by atoms with Crippen molar-refractivity contribution in [1.29, 1.82) is 0 Å². The Labute approximate surface area is 156 Å². The zero-order valence-corrected chi connectivity index (χ0v) is 14.9. The number of phenols is 1. The van der Waals surface area contributed by atoms with E-state index in [0.717, 1.165) is 11.1 Å². The molecule has 2 heterocycles. The molecule has 1 saturated heterocycles. The second-order valence-electron chi connectivity index (χ2n) is 6.78. The van der Waals surface area contributed by atoms with Crippen molar-refractivity contribution in [1.82, 2.24) is 4.90 Å². The van der Waals surface area contributed by atoms with Gasteiger partial charge >= 0.3 is 0 Å². The Hall–Kier alpha value is -2.53. The molecule has 1 fully saturated rings. The molecule has 2 aliphatic heterocycles. The van der Waals surface area contributed by atoms with E-state index < -0.39 is 0 Å². The zero-order chi connectivity index (χ0) is 18.3. The van der Waals surface area contributed by atoms with Gasteiger partial charge in [-0.3, -0.25) is 9.59 Å². The molecular formula is C20H19ClN2O3. The van der Waals surface area contributed by atoms with E-state index in [1.165, 1.54) is 0 Å². The van der Waals surface area contributed by atoms with Crippen molar-refractivity contribution in [2.24, 2.45) is 5.92 Å². The van der Waals surface area contributed by atoms with Crippen molar-refractivity contribution >= 4 is 29.1 Å². The largest absolute Gasteiger partial charge is 0.508 e. The molecule has 0 saturated carbocycles. The number of carbonyl (C=O) groups excluding carboxylic acids is 2. The predicted molar refractivity (Wildman–Crippen MR) is 99.1 cm³/mol. The van der Waals surface area contributed by atoms with Crippen LogP contribution in [0.15, 0.2) is 42.5 Å². The maximum absolute atomic E-state index is 13.0. The molecule has 1 unspecified atom stereocenters. The summed E-state index contributed by atoms with van der Waals surface area (Å²) < 4.78 is 0. The fourth-order valence-electron chi connectivity index (χ4n) is 3.81. The summed E-state index contributed by atoms with van der Waals surface area (Å²) in [5.41, 5.74) is 2.54. The number of benzene rings is 2. The van der Waals surface area contributed by atoms with E-state index in [1.807, 2.05) is 18.2 Å². The summed E-state index contributed by atoms with van der Waals surface area (Å²) in [6.45, 7) is 1.38. The lowest BCUT2D eigenvalue weighted by Crippen LogP contribution is -2.40. The number of amides is 2. The number of nitrogens with zero attached hydrogens (tertiary/aromatic N) is 2. The molecule has 0 bridgehead atoms. The molecule has 6 heteroatoms. The van der Waals surface area contributed by atoms with Crippen molar-refractivity contribution in [3.8, 4) is 5.75 Å². The molecule has 2 aromatic rings. The molecular weight excluding hydrogens is 352 g/mol. The lowest BCUT2D eigenvalue weighted by Gasteiger charge is -2.31. The fraction of sp³-hybridized carbons (Fsp3) is 0.300. The zero-order valence-electron chi connectivity index (χ0n) is 14.2. The first-order valence-corrected chi connectivity index (χ1v) is 9.06. The summed E-state index contributed by atoms with van der Waals surface area (Å²) in [4.78, 5) is 28.8. The minimum Gasteiger partial charge on any atom is -0.508 e. The first kappa shape index (κ1) is 16.9. The van der Waals surface area contributed by atoms with Gasteiger partial charge in [0.2, 0.25) is 11.8 Å². The number of halogens is 1. The Kier molecular flexibility index (Phi) is 4.32. The molecule has 1 N–H and O–H groups in total. The van der Waals surface area contributed by atoms with Crippen molar-refractivity contribution in [3.63, 3.8) is 0 Å². The van der Waals surface area contributed by atoms with Gasteiger partial charge in [0.15, 0.2) is 0 Å². The average molecular weight is 371 g/mol. The van der Waals surface area contributed by atoms with Crippen molar-refractivity contribution in [2.45, 2.75) is 19.4 Å². The lowest BCUT2D eigenvalue weighted by molar-refractivity contribution is -0.136. The van der Waals surface area contributed by atoms with Crippen LogP contribution in [0.3, 0.4) is 0 Å². The SMILES string of the molecule is O=C(C1CC(=O)N(c2ccccc2Cl)C1)N1CCc2c(O)cccc2C1. The van der Waals surface area contributed by atoms with Crippen LogP contribution >= 0.6 is 11.6 Å². The van der Waals surface area contributed by atoms with Gasteiger partial charge < -0.3 is 14.9 Å². The van der Waals surface area contributed by atoms with Gasteiger partial charge in [-0.25, -0.2) is 0 Å². The van der Waals surface area contributed by atoms with Crippen molar-refractivity contribution < 1.29 is 14.7 Å². The fourth-order valence-corrected chi connectivity index (χ4v) is 4.05. The van der Waals surface area contributed by atoms with Crippen LogP contribution in [-0.4, -0.2) is 34.9 Å². The van der Waals surface area contributed by atoms with Crippen LogP contribution in [0.4, 0.5) is 5.69 Å². The number of hydrogen-bond donors (Lipinski definition) is 1. The Morgan fingerprint density at radius 2 is 1.96 bits per heavy atom. The van der Waals surface area contributed by atoms with Gasteiger partial charge in [-0.2, -0.15) is 0 Å². The van der Waals surface area contributed by atoms with Crippen LogP contribution in [0.2, 0.25) is 5.02 Å². The Morgan fingerprint density at radius 1 is 1.15 bits per heavy atom. The van der Waals surface area contributed by atoms with Crippen LogP contribution in [0, 0.1) is 5.92 Å². The highest BCUT2D eigenvalue weighted by Crippen LogP contribution is 2.33. The summed E-state index contributed by atoms with van der Waals surface area (Å²) >= 11 is 6.20. The van der Waals surface area contributed by atoms with Gasteiger partial charge in [0, 0.05) is 31.6 Å². The molecule has 0 radical (unpaired) electrons. The highest BCUT2D eigenvalue weighted by atomic mass is 35.5. The smallest absolute Gasteiger partial charge is 0.228 e. The maximum atomic E-state index is 13.0. The van der Waals surface area contributed by atoms with Crippen molar-refractivity contribution in [3.05, 3.63) is 58.6 Å². The van der Waals surface area contributed by atoms with E-state index >= 15 is 0 Å². The number of para-hydroxylation sites is 1. The quantitative estimate of drug-likeness (QED) is 0.884. The predicted octanol–water partition coefficient (Wildman–Crippen LogP) is 2.98. The number of carbonyl (C=O) groups is 2. The van der Waals surface area contributed by atoms with Crippen LogP contribution in [-0.2, 0) is 22.6 Å². The first-order valence-electron chi connectivity index (χ1n) is 8.68. The third kappa shape index (κ3) is 2.92. The number of aromatic hydroxyl groups is 1. The van der Waals surface area contributed by atoms with Gasteiger partial charge in [-0.15, -0.1) is 0 Å². The number of fused-ring (bicyclic) bond motifs is 1.